The van der Waals surface area contributed by atoms with Crippen LogP contribution < -0.4 is 11.1 Å². The highest BCUT2D eigenvalue weighted by atomic mass is 32.2. The van der Waals surface area contributed by atoms with Crippen LogP contribution >= 0.6 is 11.8 Å². The SMILES string of the molecule is CC1CNC(CC(N)=O)SC1. The predicted octanol–water partition coefficient (Wildman–Crippen LogP) is 0.160. The topological polar surface area (TPSA) is 55.1 Å². The molecule has 0 aromatic heterocycles. The fourth-order valence-corrected chi connectivity index (χ4v) is 2.22. The van der Waals surface area contributed by atoms with E-state index in [0.29, 0.717) is 12.3 Å². The highest BCUT2D eigenvalue weighted by Gasteiger charge is 2.18. The molecule has 3 nitrogen and oxygen atoms in total. The Morgan fingerprint density at radius 1 is 1.82 bits per heavy atom. The van der Waals surface area contributed by atoms with E-state index in [1.165, 1.54) is 0 Å². The van der Waals surface area contributed by atoms with Gasteiger partial charge in [-0.3, -0.25) is 4.79 Å². The van der Waals surface area contributed by atoms with Gasteiger partial charge in [0.1, 0.15) is 0 Å². The monoisotopic (exact) mass is 174 g/mol. The number of carbonyl (C=O) groups is 1. The van der Waals surface area contributed by atoms with Crippen molar-refractivity contribution in [3.63, 3.8) is 0 Å². The van der Waals surface area contributed by atoms with Crippen LogP contribution in [0.25, 0.3) is 0 Å². The Morgan fingerprint density at radius 3 is 3.00 bits per heavy atom. The minimum Gasteiger partial charge on any atom is -0.370 e. The molecule has 1 aliphatic rings. The highest BCUT2D eigenvalue weighted by molar-refractivity contribution is 7.99. The van der Waals surface area contributed by atoms with Crippen molar-refractivity contribution in [3.05, 3.63) is 0 Å². The second-order valence-electron chi connectivity index (χ2n) is 3.01. The summed E-state index contributed by atoms with van der Waals surface area (Å²) in [4.78, 5) is 10.5. The maximum Gasteiger partial charge on any atom is 0.219 e. The Kier molecular flexibility index (Phi) is 3.20. The smallest absolute Gasteiger partial charge is 0.219 e. The van der Waals surface area contributed by atoms with Crippen molar-refractivity contribution in [2.75, 3.05) is 12.3 Å². The summed E-state index contributed by atoms with van der Waals surface area (Å²) in [6.07, 6.45) is 0.456. The van der Waals surface area contributed by atoms with E-state index in [9.17, 15) is 4.79 Å². The first-order chi connectivity index (χ1) is 5.18. The largest absolute Gasteiger partial charge is 0.370 e. The normalized spacial score (nSPS) is 31.7. The molecule has 0 radical (unpaired) electrons. The Morgan fingerprint density at radius 2 is 2.55 bits per heavy atom. The van der Waals surface area contributed by atoms with E-state index < -0.39 is 0 Å². The Balaban J connectivity index is 2.22. The first kappa shape index (κ1) is 8.87. The molecule has 2 unspecified atom stereocenters. The summed E-state index contributed by atoms with van der Waals surface area (Å²) in [5.41, 5.74) is 5.07. The predicted molar refractivity (Wildman–Crippen MR) is 47.2 cm³/mol. The zero-order chi connectivity index (χ0) is 8.27. The molecule has 3 N–H and O–H groups in total. The second kappa shape index (κ2) is 3.97. The number of hydrogen-bond donors (Lipinski definition) is 2. The van der Waals surface area contributed by atoms with Gasteiger partial charge >= 0.3 is 0 Å². The molecular weight excluding hydrogens is 160 g/mol. The second-order valence-corrected chi connectivity index (χ2v) is 4.24. The van der Waals surface area contributed by atoms with Crippen molar-refractivity contribution in [2.24, 2.45) is 11.7 Å². The summed E-state index contributed by atoms with van der Waals surface area (Å²) in [5, 5.41) is 3.52. The van der Waals surface area contributed by atoms with Gasteiger partial charge in [-0.1, -0.05) is 6.92 Å². The van der Waals surface area contributed by atoms with Crippen LogP contribution in [0, 0.1) is 5.92 Å². The molecule has 1 aliphatic heterocycles. The van der Waals surface area contributed by atoms with Crippen molar-refractivity contribution in [1.82, 2.24) is 5.32 Å². The summed E-state index contributed by atoms with van der Waals surface area (Å²) in [6, 6.07) is 0. The van der Waals surface area contributed by atoms with Gasteiger partial charge in [-0.15, -0.1) is 11.8 Å². The summed E-state index contributed by atoms with van der Waals surface area (Å²) < 4.78 is 0. The van der Waals surface area contributed by atoms with Crippen molar-refractivity contribution in [3.8, 4) is 0 Å². The summed E-state index contributed by atoms with van der Waals surface area (Å²) >= 11 is 1.79. The Hall–Kier alpha value is -0.220. The molecule has 64 valence electrons. The lowest BCUT2D eigenvalue weighted by Gasteiger charge is -2.26. The van der Waals surface area contributed by atoms with E-state index in [-0.39, 0.29) is 11.3 Å². The van der Waals surface area contributed by atoms with Crippen LogP contribution in [0.1, 0.15) is 13.3 Å². The quantitative estimate of drug-likeness (QED) is 0.627. The van der Waals surface area contributed by atoms with Crippen LogP contribution in [0.4, 0.5) is 0 Å². The summed E-state index contributed by atoms with van der Waals surface area (Å²) in [6.45, 7) is 3.20. The molecule has 4 heteroatoms. The van der Waals surface area contributed by atoms with E-state index in [2.05, 4.69) is 12.2 Å². The maximum absolute atomic E-state index is 10.5. The van der Waals surface area contributed by atoms with Crippen molar-refractivity contribution < 1.29 is 4.79 Å². The molecule has 0 aliphatic carbocycles. The van der Waals surface area contributed by atoms with Gasteiger partial charge in [0.15, 0.2) is 0 Å². The number of carbonyl (C=O) groups excluding carboxylic acids is 1. The van der Waals surface area contributed by atoms with Gasteiger partial charge in [0.05, 0.1) is 11.8 Å². The van der Waals surface area contributed by atoms with Crippen molar-refractivity contribution >= 4 is 17.7 Å². The van der Waals surface area contributed by atoms with E-state index in [1.54, 1.807) is 11.8 Å². The van der Waals surface area contributed by atoms with Crippen molar-refractivity contribution in [1.29, 1.82) is 0 Å². The summed E-state index contributed by atoms with van der Waals surface area (Å²) in [5.74, 6) is 1.62. The van der Waals surface area contributed by atoms with Gasteiger partial charge in [0.25, 0.3) is 0 Å². The number of hydrogen-bond acceptors (Lipinski definition) is 3. The number of nitrogens with one attached hydrogen (secondary N) is 1. The third kappa shape index (κ3) is 3.12. The van der Waals surface area contributed by atoms with Crippen LogP contribution in [0.5, 0.6) is 0 Å². The van der Waals surface area contributed by atoms with Crippen LogP contribution in [0.3, 0.4) is 0 Å². The molecule has 1 saturated heterocycles. The fraction of sp³-hybridized carbons (Fsp3) is 0.857. The fourth-order valence-electron chi connectivity index (χ4n) is 1.04. The molecule has 0 aromatic carbocycles. The van der Waals surface area contributed by atoms with Crippen LogP contribution in [0.2, 0.25) is 0 Å². The van der Waals surface area contributed by atoms with E-state index in [1.807, 2.05) is 0 Å². The molecule has 1 rings (SSSR count). The zero-order valence-corrected chi connectivity index (χ0v) is 7.49. The number of thioether (sulfide) groups is 1. The Labute approximate surface area is 71.1 Å². The lowest BCUT2D eigenvalue weighted by Crippen LogP contribution is -2.39. The van der Waals surface area contributed by atoms with Crippen molar-refractivity contribution in [2.45, 2.75) is 18.7 Å². The molecule has 1 amide bonds. The molecule has 2 atom stereocenters. The molecule has 0 saturated carbocycles. The highest BCUT2D eigenvalue weighted by Crippen LogP contribution is 2.20. The number of rotatable bonds is 2. The van der Waals surface area contributed by atoms with Crippen LogP contribution in [0.15, 0.2) is 0 Å². The molecule has 11 heavy (non-hydrogen) atoms. The third-order valence-electron chi connectivity index (χ3n) is 1.66. The first-order valence-electron chi connectivity index (χ1n) is 3.82. The van der Waals surface area contributed by atoms with E-state index >= 15 is 0 Å². The van der Waals surface area contributed by atoms with Gasteiger partial charge < -0.3 is 11.1 Å². The Bertz CT molecular complexity index is 143. The average Bonchev–Trinajstić information content (AvgIpc) is 1.93. The number of amides is 1. The van der Waals surface area contributed by atoms with Gasteiger partial charge in [-0.2, -0.15) is 0 Å². The zero-order valence-electron chi connectivity index (χ0n) is 6.67. The minimum absolute atomic E-state index is 0.218. The van der Waals surface area contributed by atoms with Gasteiger partial charge in [0.2, 0.25) is 5.91 Å². The van der Waals surface area contributed by atoms with E-state index in [4.69, 9.17) is 5.73 Å². The van der Waals surface area contributed by atoms with Crippen LogP contribution in [-0.2, 0) is 4.79 Å². The van der Waals surface area contributed by atoms with Gasteiger partial charge in [0, 0.05) is 0 Å². The molecule has 1 heterocycles. The van der Waals surface area contributed by atoms with Crippen LogP contribution in [-0.4, -0.2) is 23.6 Å². The molecule has 0 aromatic rings. The third-order valence-corrected chi connectivity index (χ3v) is 3.16. The first-order valence-corrected chi connectivity index (χ1v) is 4.86. The lowest BCUT2D eigenvalue weighted by atomic mass is 10.2. The molecule has 0 spiro atoms. The summed E-state index contributed by atoms with van der Waals surface area (Å²) in [7, 11) is 0. The standard InChI is InChI=1S/C7H14N2OS/c1-5-3-9-7(11-4-5)2-6(8)10/h5,7,9H,2-4H2,1H3,(H2,8,10). The van der Waals surface area contributed by atoms with Gasteiger partial charge in [-0.25, -0.2) is 0 Å². The molecular formula is C7H14N2OS. The van der Waals surface area contributed by atoms with Gasteiger partial charge in [-0.05, 0) is 18.2 Å². The maximum atomic E-state index is 10.5. The minimum atomic E-state index is -0.218. The molecule has 1 fully saturated rings. The molecule has 0 bridgehead atoms. The number of nitrogens with two attached hydrogens (primary N) is 1. The lowest BCUT2D eigenvalue weighted by molar-refractivity contribution is -0.118. The average molecular weight is 174 g/mol. The number of primary amides is 1. The van der Waals surface area contributed by atoms with E-state index in [0.717, 1.165) is 12.3 Å².